The van der Waals surface area contributed by atoms with Crippen molar-refractivity contribution >= 4 is 17.9 Å². The Hall–Kier alpha value is -2.47. The topological polar surface area (TPSA) is 151 Å². The van der Waals surface area contributed by atoms with E-state index < -0.39 is 93.1 Å². The van der Waals surface area contributed by atoms with Gasteiger partial charge in [-0.15, -0.1) is 0 Å². The van der Waals surface area contributed by atoms with Crippen molar-refractivity contribution in [1.29, 1.82) is 0 Å². The van der Waals surface area contributed by atoms with E-state index in [0.717, 1.165) is 0 Å². The third-order valence-electron chi connectivity index (χ3n) is 12.7. The second-order valence-electron chi connectivity index (χ2n) is 16.2. The fraction of sp³-hybridized carbons (Fsp3) is 0.800. The smallest absolute Gasteiger partial charge is 0.308 e. The molecule has 0 radical (unpaired) electrons. The lowest BCUT2D eigenvalue weighted by molar-refractivity contribution is -0.391. The molecule has 46 heavy (non-hydrogen) atoms. The number of carbonyl (C=O) groups excluding carboxylic acids is 3. The van der Waals surface area contributed by atoms with Crippen LogP contribution < -0.4 is 0 Å². The van der Waals surface area contributed by atoms with E-state index in [2.05, 4.69) is 0 Å². The fourth-order valence-electron chi connectivity index (χ4n) is 10.7. The molecule has 1 aromatic rings. The number of cyclic esters (lactones) is 1. The van der Waals surface area contributed by atoms with E-state index in [1.165, 1.54) is 13.4 Å². The molecule has 2 N–H and O–H groups in total. The SMILES string of the molecule is COC(=O)C[C@H]1C(C)(C)[C@H](OCC(C)C)[C@]2(O)[C@@H](OC(=O)C(C)C)[C@@]34O[C@]2(O)[C@]1(C)[C@H]3CC[C@]1(C)[C@H]4CC(=O)O[C@H]1c1ccoc1. The Bertz CT molecular complexity index is 1390. The molecule has 6 rings (SSSR count). The normalized spacial score (nSPS) is 45.3. The van der Waals surface area contributed by atoms with E-state index in [-0.39, 0.29) is 25.4 Å². The number of methoxy groups -OCH3 is 1. The number of carbonyl (C=O) groups is 3. The molecule has 1 spiro atoms. The summed E-state index contributed by atoms with van der Waals surface area (Å²) in [5, 5.41) is 26.5. The minimum absolute atomic E-state index is 0.0605. The van der Waals surface area contributed by atoms with Crippen LogP contribution in [0.5, 0.6) is 0 Å². The minimum Gasteiger partial charge on any atom is -0.472 e. The van der Waals surface area contributed by atoms with E-state index in [4.69, 9.17) is 28.1 Å². The molecular weight excluding hydrogens is 596 g/mol. The Morgan fingerprint density at radius 3 is 2.35 bits per heavy atom. The maximum absolute atomic E-state index is 13.6. The van der Waals surface area contributed by atoms with Gasteiger partial charge < -0.3 is 38.3 Å². The Kier molecular flexibility index (Phi) is 7.64. The average Bonchev–Trinajstić information content (AvgIpc) is 3.63. The standard InChI is InChI=1S/C35H50O11/c1-18(2)16-43-28-30(5,6)22(14-24(36)41-9)32(8)21-10-12-31(7)23(15-25(37)44-26(31)20-11-13-42-17-20)33(21)29(45-27(38)19(3)4)34(28,39)35(32,40)46-33/h11,13,17-19,21-23,26,28-29,39-40H,10,12,14-16H2,1-9H3/t21-,22+,23-,26+,28+,29+,31-,32-,33-,34+,35-/m1/s1. The molecular formula is C35H50O11. The molecule has 5 fully saturated rings. The average molecular weight is 647 g/mol. The van der Waals surface area contributed by atoms with Crippen LogP contribution in [0.4, 0.5) is 0 Å². The first-order chi connectivity index (χ1) is 21.4. The van der Waals surface area contributed by atoms with Crippen molar-refractivity contribution in [1.82, 2.24) is 0 Å². The molecule has 3 saturated heterocycles. The number of fused-ring (bicyclic) bond motifs is 2. The molecule has 2 aliphatic carbocycles. The number of aliphatic hydroxyl groups is 2. The largest absolute Gasteiger partial charge is 0.472 e. The fourth-order valence-corrected chi connectivity index (χ4v) is 10.7. The summed E-state index contributed by atoms with van der Waals surface area (Å²) in [6, 6.07) is 1.76. The highest BCUT2D eigenvalue weighted by Crippen LogP contribution is 2.82. The van der Waals surface area contributed by atoms with Gasteiger partial charge in [0, 0.05) is 41.3 Å². The number of hydrogen-bond acceptors (Lipinski definition) is 11. The Morgan fingerprint density at radius 2 is 1.76 bits per heavy atom. The van der Waals surface area contributed by atoms with E-state index in [9.17, 15) is 24.6 Å². The maximum Gasteiger partial charge on any atom is 0.308 e. The van der Waals surface area contributed by atoms with Crippen LogP contribution >= 0.6 is 0 Å². The van der Waals surface area contributed by atoms with Crippen molar-refractivity contribution in [2.24, 2.45) is 45.8 Å². The van der Waals surface area contributed by atoms with Gasteiger partial charge >= 0.3 is 17.9 Å². The molecule has 2 bridgehead atoms. The van der Waals surface area contributed by atoms with E-state index in [1.807, 2.05) is 41.5 Å². The Labute approximate surface area is 270 Å². The molecule has 1 aromatic heterocycles. The zero-order valence-electron chi connectivity index (χ0n) is 28.5. The van der Waals surface area contributed by atoms with Gasteiger partial charge in [0.2, 0.25) is 5.79 Å². The highest BCUT2D eigenvalue weighted by atomic mass is 16.7. The highest BCUT2D eigenvalue weighted by Gasteiger charge is 2.96. The van der Waals surface area contributed by atoms with Crippen LogP contribution in [0.2, 0.25) is 0 Å². The molecule has 4 heterocycles. The number of esters is 3. The summed E-state index contributed by atoms with van der Waals surface area (Å²) in [5.41, 5.74) is -6.04. The van der Waals surface area contributed by atoms with Crippen LogP contribution in [0.15, 0.2) is 23.0 Å². The highest BCUT2D eigenvalue weighted by molar-refractivity contribution is 5.74. The molecule has 0 unspecified atom stereocenters. The van der Waals surface area contributed by atoms with Gasteiger partial charge in [-0.2, -0.15) is 0 Å². The summed E-state index contributed by atoms with van der Waals surface area (Å²) >= 11 is 0. The van der Waals surface area contributed by atoms with Crippen LogP contribution in [0.1, 0.15) is 92.7 Å². The second kappa shape index (κ2) is 10.5. The van der Waals surface area contributed by atoms with Crippen molar-refractivity contribution in [2.45, 2.75) is 116 Å². The predicted octanol–water partition coefficient (Wildman–Crippen LogP) is 4.34. The summed E-state index contributed by atoms with van der Waals surface area (Å²) in [4.78, 5) is 40.2. The second-order valence-corrected chi connectivity index (χ2v) is 16.2. The number of ether oxygens (including phenoxy) is 5. The number of furan rings is 1. The zero-order valence-corrected chi connectivity index (χ0v) is 28.5. The van der Waals surface area contributed by atoms with Gasteiger partial charge in [0.1, 0.15) is 17.8 Å². The monoisotopic (exact) mass is 646 g/mol. The molecule has 5 aliphatic rings. The lowest BCUT2D eigenvalue weighted by Gasteiger charge is -2.70. The molecule has 3 aliphatic heterocycles. The van der Waals surface area contributed by atoms with Crippen molar-refractivity contribution in [3.05, 3.63) is 24.2 Å². The third-order valence-corrected chi connectivity index (χ3v) is 12.7. The predicted molar refractivity (Wildman–Crippen MR) is 162 cm³/mol. The van der Waals surface area contributed by atoms with Crippen molar-refractivity contribution in [2.75, 3.05) is 13.7 Å². The van der Waals surface area contributed by atoms with Crippen LogP contribution in [0.3, 0.4) is 0 Å². The van der Waals surface area contributed by atoms with Crippen molar-refractivity contribution in [3.63, 3.8) is 0 Å². The Balaban J connectivity index is 1.63. The lowest BCUT2D eigenvalue weighted by atomic mass is 9.35. The van der Waals surface area contributed by atoms with Crippen LogP contribution in [0, 0.1) is 45.8 Å². The van der Waals surface area contributed by atoms with Crippen LogP contribution in [0.25, 0.3) is 0 Å². The van der Waals surface area contributed by atoms with Gasteiger partial charge in [-0.25, -0.2) is 0 Å². The van der Waals surface area contributed by atoms with Gasteiger partial charge in [0.05, 0.1) is 32.0 Å². The van der Waals surface area contributed by atoms with Gasteiger partial charge in [0.15, 0.2) is 11.7 Å². The van der Waals surface area contributed by atoms with Gasteiger partial charge in [0.25, 0.3) is 0 Å². The van der Waals surface area contributed by atoms with Crippen LogP contribution in [-0.2, 0) is 38.1 Å². The summed E-state index contributed by atoms with van der Waals surface area (Å²) in [6.07, 6.45) is 0.764. The molecule has 11 atom stereocenters. The van der Waals surface area contributed by atoms with E-state index >= 15 is 0 Å². The van der Waals surface area contributed by atoms with Crippen molar-refractivity contribution < 1.29 is 52.7 Å². The summed E-state index contributed by atoms with van der Waals surface area (Å²) in [7, 11) is 1.33. The quantitative estimate of drug-likeness (QED) is 0.307. The molecule has 2 saturated carbocycles. The first-order valence-corrected chi connectivity index (χ1v) is 16.6. The Morgan fingerprint density at radius 1 is 1.07 bits per heavy atom. The van der Waals surface area contributed by atoms with E-state index in [0.29, 0.717) is 18.4 Å². The van der Waals surface area contributed by atoms with Gasteiger partial charge in [-0.3, -0.25) is 14.4 Å². The lowest BCUT2D eigenvalue weighted by Crippen LogP contribution is -2.85. The summed E-state index contributed by atoms with van der Waals surface area (Å²) < 4.78 is 36.5. The first kappa shape index (κ1) is 33.4. The third kappa shape index (κ3) is 3.94. The van der Waals surface area contributed by atoms with E-state index in [1.54, 1.807) is 26.2 Å². The van der Waals surface area contributed by atoms with Crippen molar-refractivity contribution in [3.8, 4) is 0 Å². The first-order valence-electron chi connectivity index (χ1n) is 16.6. The summed E-state index contributed by atoms with van der Waals surface area (Å²) in [6.45, 7) is 15.3. The molecule has 11 heteroatoms. The molecule has 0 aromatic carbocycles. The minimum atomic E-state index is -2.32. The molecule has 256 valence electrons. The number of rotatable bonds is 8. The summed E-state index contributed by atoms with van der Waals surface area (Å²) in [5.74, 6) is -6.08. The van der Waals surface area contributed by atoms with Gasteiger partial charge in [-0.1, -0.05) is 55.4 Å². The number of hydrogen-bond donors (Lipinski definition) is 2. The van der Waals surface area contributed by atoms with Gasteiger partial charge in [-0.05, 0) is 36.2 Å². The zero-order chi connectivity index (χ0) is 33.8. The van der Waals surface area contributed by atoms with Crippen LogP contribution in [-0.4, -0.2) is 71.0 Å². The molecule has 0 amide bonds. The molecule has 11 nitrogen and oxygen atoms in total. The maximum atomic E-state index is 13.6.